The summed E-state index contributed by atoms with van der Waals surface area (Å²) in [6.07, 6.45) is -2.72. The maximum Gasteiger partial charge on any atom is 0.398 e. The highest BCUT2D eigenvalue weighted by Crippen LogP contribution is 2.48. The van der Waals surface area contributed by atoms with Gasteiger partial charge in [0.25, 0.3) is 0 Å². The molecular formula is C13H12F3N3. The van der Waals surface area contributed by atoms with E-state index in [4.69, 9.17) is 5.26 Å². The average molecular weight is 267 g/mol. The number of amidine groups is 1. The van der Waals surface area contributed by atoms with Gasteiger partial charge in [-0.05, 0) is 25.0 Å². The summed E-state index contributed by atoms with van der Waals surface area (Å²) in [5, 5.41) is 10.9. The minimum atomic E-state index is -4.36. The van der Waals surface area contributed by atoms with Crippen molar-refractivity contribution in [1.82, 2.24) is 5.32 Å². The van der Waals surface area contributed by atoms with E-state index in [1.807, 2.05) is 0 Å². The van der Waals surface area contributed by atoms with Crippen LogP contribution in [0.1, 0.15) is 25.3 Å². The summed E-state index contributed by atoms with van der Waals surface area (Å²) in [5.41, 5.74) is -1.54. The van der Waals surface area contributed by atoms with Crippen molar-refractivity contribution >= 4 is 11.5 Å². The van der Waals surface area contributed by atoms with Crippen molar-refractivity contribution in [2.75, 3.05) is 0 Å². The zero-order valence-electron chi connectivity index (χ0n) is 10.3. The number of para-hydroxylation sites is 1. The van der Waals surface area contributed by atoms with E-state index in [-0.39, 0.29) is 29.9 Å². The summed E-state index contributed by atoms with van der Waals surface area (Å²) in [7, 11) is 0. The third-order valence-corrected chi connectivity index (χ3v) is 3.44. The lowest BCUT2D eigenvalue weighted by Gasteiger charge is -2.32. The minimum absolute atomic E-state index is 0.0816. The Morgan fingerprint density at radius 3 is 2.68 bits per heavy atom. The summed E-state index contributed by atoms with van der Waals surface area (Å²) in [6.45, 7) is 1.18. The van der Waals surface area contributed by atoms with Gasteiger partial charge in [-0.25, -0.2) is 4.99 Å². The molecule has 1 unspecified atom stereocenters. The molecule has 0 fully saturated rings. The van der Waals surface area contributed by atoms with E-state index in [2.05, 4.69) is 10.3 Å². The van der Waals surface area contributed by atoms with Gasteiger partial charge < -0.3 is 0 Å². The summed E-state index contributed by atoms with van der Waals surface area (Å²) in [6, 6.07) is 6.18. The summed E-state index contributed by atoms with van der Waals surface area (Å²) in [4.78, 5) is 4.12. The Hall–Kier alpha value is -2.03. The Balaban J connectivity index is 2.56. The minimum Gasteiger partial charge on any atom is -0.280 e. The van der Waals surface area contributed by atoms with E-state index < -0.39 is 11.6 Å². The van der Waals surface area contributed by atoms with Crippen LogP contribution in [-0.4, -0.2) is 12.0 Å². The van der Waals surface area contributed by atoms with Gasteiger partial charge in [0.1, 0.15) is 5.84 Å². The van der Waals surface area contributed by atoms with Gasteiger partial charge in [-0.2, -0.15) is 18.4 Å². The Morgan fingerprint density at radius 2 is 2.05 bits per heavy atom. The fourth-order valence-electron chi connectivity index (χ4n) is 2.19. The quantitative estimate of drug-likeness (QED) is 0.578. The first-order chi connectivity index (χ1) is 8.88. The van der Waals surface area contributed by atoms with E-state index in [1.54, 1.807) is 18.3 Å². The zero-order chi connectivity index (χ0) is 14.1. The van der Waals surface area contributed by atoms with Crippen molar-refractivity contribution in [2.24, 2.45) is 4.99 Å². The Kier molecular flexibility index (Phi) is 3.23. The van der Waals surface area contributed by atoms with Crippen molar-refractivity contribution in [2.45, 2.75) is 31.4 Å². The molecule has 1 heterocycles. The van der Waals surface area contributed by atoms with Crippen LogP contribution in [0.2, 0.25) is 0 Å². The van der Waals surface area contributed by atoms with Crippen LogP contribution < -0.4 is 5.32 Å². The van der Waals surface area contributed by atoms with Crippen molar-refractivity contribution in [3.63, 3.8) is 0 Å². The van der Waals surface area contributed by atoms with Crippen molar-refractivity contribution < 1.29 is 13.2 Å². The van der Waals surface area contributed by atoms with Crippen molar-refractivity contribution in [1.29, 1.82) is 5.26 Å². The first-order valence-electron chi connectivity index (χ1n) is 5.77. The standard InChI is InChI=1S/C13H12F3N3/c1-12(13(14,15)16)7-6-11(18-8-17)19-10-5-3-2-4-9(10)12/h2-5H,6-7H2,1H3,(H,18,19). The van der Waals surface area contributed by atoms with Crippen LogP contribution >= 0.6 is 0 Å². The van der Waals surface area contributed by atoms with Crippen LogP contribution in [0.4, 0.5) is 18.9 Å². The number of nitrogens with one attached hydrogen (secondary N) is 1. The largest absolute Gasteiger partial charge is 0.398 e. The molecule has 0 radical (unpaired) electrons. The molecule has 0 saturated carbocycles. The van der Waals surface area contributed by atoms with Crippen LogP contribution in [0.15, 0.2) is 29.3 Å². The number of nitrogens with zero attached hydrogens (tertiary/aromatic N) is 2. The van der Waals surface area contributed by atoms with Crippen molar-refractivity contribution in [3.05, 3.63) is 29.8 Å². The highest BCUT2D eigenvalue weighted by atomic mass is 19.4. The second-order valence-corrected chi connectivity index (χ2v) is 4.64. The van der Waals surface area contributed by atoms with Gasteiger partial charge in [-0.1, -0.05) is 18.2 Å². The second kappa shape index (κ2) is 4.57. The zero-order valence-corrected chi connectivity index (χ0v) is 10.3. The highest BCUT2D eigenvalue weighted by molar-refractivity contribution is 5.87. The van der Waals surface area contributed by atoms with Crippen molar-refractivity contribution in [3.8, 4) is 6.19 Å². The number of alkyl halides is 3. The highest BCUT2D eigenvalue weighted by Gasteiger charge is 2.53. The smallest absolute Gasteiger partial charge is 0.280 e. The molecule has 0 bridgehead atoms. The number of hydrogen-bond acceptors (Lipinski definition) is 3. The first kappa shape index (κ1) is 13.4. The third kappa shape index (κ3) is 2.28. The number of halogens is 3. The number of aliphatic imine (C=N–C) groups is 1. The van der Waals surface area contributed by atoms with Gasteiger partial charge in [0.05, 0.1) is 11.1 Å². The molecule has 0 spiro atoms. The van der Waals surface area contributed by atoms with E-state index in [0.717, 1.165) is 0 Å². The number of nitriles is 1. The van der Waals surface area contributed by atoms with E-state index >= 15 is 0 Å². The Labute approximate surface area is 108 Å². The molecule has 0 amide bonds. The number of rotatable bonds is 0. The molecule has 1 N–H and O–H groups in total. The third-order valence-electron chi connectivity index (χ3n) is 3.44. The topological polar surface area (TPSA) is 48.2 Å². The molecule has 1 atom stereocenters. The van der Waals surface area contributed by atoms with Gasteiger partial charge in [-0.15, -0.1) is 0 Å². The van der Waals surface area contributed by atoms with Crippen LogP contribution in [0, 0.1) is 11.5 Å². The number of fused-ring (bicyclic) bond motifs is 1. The molecular weight excluding hydrogens is 255 g/mol. The first-order valence-corrected chi connectivity index (χ1v) is 5.77. The molecule has 100 valence electrons. The monoisotopic (exact) mass is 267 g/mol. The molecule has 1 aromatic carbocycles. The lowest BCUT2D eigenvalue weighted by molar-refractivity contribution is -0.186. The average Bonchev–Trinajstić information content (AvgIpc) is 2.48. The van der Waals surface area contributed by atoms with Gasteiger partial charge >= 0.3 is 6.18 Å². The lowest BCUT2D eigenvalue weighted by atomic mass is 9.77. The van der Waals surface area contributed by atoms with Gasteiger partial charge in [-0.3, -0.25) is 5.32 Å². The predicted octanol–water partition coefficient (Wildman–Crippen LogP) is 3.40. The van der Waals surface area contributed by atoms with Crippen LogP contribution in [0.3, 0.4) is 0 Å². The van der Waals surface area contributed by atoms with Crippen LogP contribution in [0.25, 0.3) is 0 Å². The van der Waals surface area contributed by atoms with Gasteiger partial charge in [0, 0.05) is 6.42 Å². The molecule has 3 nitrogen and oxygen atoms in total. The van der Waals surface area contributed by atoms with E-state index in [1.165, 1.54) is 19.1 Å². The predicted molar refractivity (Wildman–Crippen MR) is 64.9 cm³/mol. The fourth-order valence-corrected chi connectivity index (χ4v) is 2.19. The van der Waals surface area contributed by atoms with Gasteiger partial charge in [0.15, 0.2) is 6.19 Å². The molecule has 19 heavy (non-hydrogen) atoms. The molecule has 0 aromatic heterocycles. The SMILES string of the molecule is CC1(C(F)(F)F)CCC(NC#N)=Nc2ccccc21. The van der Waals surface area contributed by atoms with E-state index in [9.17, 15) is 13.2 Å². The molecule has 2 rings (SSSR count). The molecule has 0 saturated heterocycles. The molecule has 1 aliphatic rings. The summed E-state index contributed by atoms with van der Waals surface area (Å²) < 4.78 is 40.1. The fraction of sp³-hybridized carbons (Fsp3) is 0.385. The number of benzene rings is 1. The number of hydrogen-bond donors (Lipinski definition) is 1. The summed E-state index contributed by atoms with van der Waals surface area (Å²) >= 11 is 0. The van der Waals surface area contributed by atoms with Gasteiger partial charge in [0.2, 0.25) is 0 Å². The Morgan fingerprint density at radius 1 is 1.37 bits per heavy atom. The second-order valence-electron chi connectivity index (χ2n) is 4.64. The molecule has 0 aliphatic carbocycles. The normalized spacial score (nSPS) is 22.8. The van der Waals surface area contributed by atoms with E-state index in [0.29, 0.717) is 0 Å². The maximum atomic E-state index is 13.4. The maximum absolute atomic E-state index is 13.4. The van der Waals surface area contributed by atoms with Crippen LogP contribution in [-0.2, 0) is 5.41 Å². The van der Waals surface area contributed by atoms with Crippen LogP contribution in [0.5, 0.6) is 0 Å². The molecule has 1 aliphatic heterocycles. The lowest BCUT2D eigenvalue weighted by Crippen LogP contribution is -2.39. The molecule has 6 heteroatoms. The Bertz CT molecular complexity index is 557. The summed E-state index contributed by atoms with van der Waals surface area (Å²) in [5.74, 6) is 0.267. The molecule has 1 aromatic rings.